The molecule has 1 aliphatic heterocycles. The minimum absolute atomic E-state index is 0.0896. The van der Waals surface area contributed by atoms with E-state index in [1.54, 1.807) is 6.92 Å². The summed E-state index contributed by atoms with van der Waals surface area (Å²) >= 11 is 18.4. The van der Waals surface area contributed by atoms with Crippen molar-refractivity contribution >= 4 is 46.7 Å². The number of nitrogens with one attached hydrogen (secondary N) is 1. The first-order valence-corrected chi connectivity index (χ1v) is 10.2. The predicted octanol–water partition coefficient (Wildman–Crippen LogP) is 3.79. The summed E-state index contributed by atoms with van der Waals surface area (Å²) in [6, 6.07) is 0.200. The number of piperidine rings is 1. The molecule has 0 radical (unpaired) electrons. The average Bonchev–Trinajstić information content (AvgIpc) is 3.00. The number of aromatic nitrogens is 2. The molecule has 2 rings (SSSR count). The minimum atomic E-state index is -1.73. The second-order valence-corrected chi connectivity index (χ2v) is 8.96. The lowest BCUT2D eigenvalue weighted by Crippen LogP contribution is -2.59. The Morgan fingerprint density at radius 2 is 2.21 bits per heavy atom. The van der Waals surface area contributed by atoms with Crippen molar-refractivity contribution < 1.29 is 14.5 Å². The number of ether oxygens (including phenoxy) is 1. The third kappa shape index (κ3) is 5.85. The monoisotopic (exact) mass is 455 g/mol. The molecule has 9 nitrogen and oxygen atoms in total. The Labute approximate surface area is 178 Å². The zero-order chi connectivity index (χ0) is 20.9. The third-order valence-electron chi connectivity index (χ3n) is 4.81. The van der Waals surface area contributed by atoms with Crippen LogP contribution in [-0.4, -0.2) is 54.6 Å². The Kier molecular flexibility index (Phi) is 8.18. The molecule has 12 heteroatoms. The van der Waals surface area contributed by atoms with Gasteiger partial charge in [0.15, 0.2) is 5.82 Å². The van der Waals surface area contributed by atoms with E-state index in [1.807, 2.05) is 4.90 Å². The van der Waals surface area contributed by atoms with Crippen LogP contribution in [0.3, 0.4) is 0 Å². The van der Waals surface area contributed by atoms with Gasteiger partial charge in [0.2, 0.25) is 3.79 Å². The van der Waals surface area contributed by atoms with Gasteiger partial charge >= 0.3 is 11.9 Å². The second kappa shape index (κ2) is 9.96. The molecule has 1 saturated heterocycles. The Morgan fingerprint density at radius 3 is 2.82 bits per heavy atom. The van der Waals surface area contributed by atoms with Crippen LogP contribution in [0.2, 0.25) is 0 Å². The van der Waals surface area contributed by atoms with Gasteiger partial charge in [0.25, 0.3) is 0 Å². The average molecular weight is 457 g/mol. The van der Waals surface area contributed by atoms with Crippen molar-refractivity contribution in [3.8, 4) is 0 Å². The molecule has 1 amide bonds. The van der Waals surface area contributed by atoms with Gasteiger partial charge < -0.3 is 20.2 Å². The maximum atomic E-state index is 12.3. The lowest BCUT2D eigenvalue weighted by molar-refractivity contribution is -0.392. The molecule has 0 bridgehead atoms. The number of carbonyl (C=O) groups excluding carboxylic acids is 1. The number of rotatable bonds is 7. The van der Waals surface area contributed by atoms with Crippen LogP contribution in [-0.2, 0) is 11.3 Å². The fourth-order valence-electron chi connectivity index (χ4n) is 3.42. The lowest BCUT2D eigenvalue weighted by atomic mass is 9.99. The zero-order valence-corrected chi connectivity index (χ0v) is 18.0. The number of nitrogens with zero attached hydrogens (tertiary/aromatic N) is 4. The SMILES string of the molecule is CC[C@@H]1CCCCN1[C@H](NC(=O)OCCn1c([N+](=O)[O-])cnc1C)C(Cl)(Cl)Cl. The first-order valence-electron chi connectivity index (χ1n) is 9.07. The number of likely N-dealkylation sites (tertiary alicyclic amines) is 1. The molecule has 2 heterocycles. The second-order valence-electron chi connectivity index (χ2n) is 6.59. The quantitative estimate of drug-likeness (QED) is 0.380. The molecule has 0 aromatic carbocycles. The van der Waals surface area contributed by atoms with E-state index in [4.69, 9.17) is 39.5 Å². The van der Waals surface area contributed by atoms with Crippen molar-refractivity contribution in [2.45, 2.75) is 62.1 Å². The van der Waals surface area contributed by atoms with E-state index in [1.165, 1.54) is 4.57 Å². The van der Waals surface area contributed by atoms with Crippen molar-refractivity contribution in [1.29, 1.82) is 0 Å². The van der Waals surface area contributed by atoms with E-state index >= 15 is 0 Å². The van der Waals surface area contributed by atoms with E-state index in [-0.39, 0.29) is 25.0 Å². The zero-order valence-electron chi connectivity index (χ0n) is 15.7. The van der Waals surface area contributed by atoms with E-state index in [9.17, 15) is 14.9 Å². The summed E-state index contributed by atoms with van der Waals surface area (Å²) in [6.07, 6.45) is 3.46. The molecule has 2 atom stereocenters. The molecule has 1 fully saturated rings. The summed E-state index contributed by atoms with van der Waals surface area (Å²) in [5.74, 6) is 0.286. The standard InChI is InChI=1S/C16H24Cl3N5O4/c1-3-12-6-4-5-7-23(12)14(16(17,18)19)21-15(25)28-9-8-22-11(2)20-10-13(22)24(26)27/h10,12,14H,3-9H2,1-2H3,(H,21,25)/t12-,14+/m1/s1. The number of hydrogen-bond acceptors (Lipinski definition) is 6. The highest BCUT2D eigenvalue weighted by molar-refractivity contribution is 6.68. The Morgan fingerprint density at radius 1 is 1.50 bits per heavy atom. The smallest absolute Gasteiger partial charge is 0.408 e. The van der Waals surface area contributed by atoms with E-state index in [2.05, 4.69) is 17.2 Å². The molecule has 1 aromatic heterocycles. The number of halogens is 3. The molecule has 1 N–H and O–H groups in total. The van der Waals surface area contributed by atoms with Crippen molar-refractivity contribution in [3.63, 3.8) is 0 Å². The van der Waals surface area contributed by atoms with Gasteiger partial charge in [-0.2, -0.15) is 0 Å². The molecule has 1 aliphatic rings. The number of alkyl halides is 3. The van der Waals surface area contributed by atoms with Gasteiger partial charge in [0, 0.05) is 19.5 Å². The van der Waals surface area contributed by atoms with Crippen molar-refractivity contribution in [1.82, 2.24) is 19.8 Å². The largest absolute Gasteiger partial charge is 0.445 e. The first-order chi connectivity index (χ1) is 13.1. The van der Waals surface area contributed by atoms with Crippen LogP contribution >= 0.6 is 34.8 Å². The number of imidazole rings is 1. The van der Waals surface area contributed by atoms with E-state index in [0.29, 0.717) is 12.4 Å². The first kappa shape index (κ1) is 23.0. The Balaban J connectivity index is 1.97. The van der Waals surface area contributed by atoms with Crippen molar-refractivity contribution in [2.75, 3.05) is 13.2 Å². The normalized spacial score (nSPS) is 19.2. The fourth-order valence-corrected chi connectivity index (χ4v) is 3.96. The van der Waals surface area contributed by atoms with Gasteiger partial charge in [-0.15, -0.1) is 0 Å². The van der Waals surface area contributed by atoms with Crippen LogP contribution in [0.5, 0.6) is 0 Å². The molecule has 0 spiro atoms. The summed E-state index contributed by atoms with van der Waals surface area (Å²) in [5, 5.41) is 13.6. The van der Waals surface area contributed by atoms with Gasteiger partial charge in [0.1, 0.15) is 25.5 Å². The number of amides is 1. The van der Waals surface area contributed by atoms with Gasteiger partial charge in [0.05, 0.1) is 0 Å². The maximum Gasteiger partial charge on any atom is 0.408 e. The van der Waals surface area contributed by atoms with Gasteiger partial charge in [-0.3, -0.25) is 4.90 Å². The highest BCUT2D eigenvalue weighted by Crippen LogP contribution is 2.35. The lowest BCUT2D eigenvalue weighted by Gasteiger charge is -2.43. The van der Waals surface area contributed by atoms with Crippen LogP contribution in [0.25, 0.3) is 0 Å². The highest BCUT2D eigenvalue weighted by atomic mass is 35.6. The summed E-state index contributed by atoms with van der Waals surface area (Å²) in [6.45, 7) is 4.39. The van der Waals surface area contributed by atoms with Crippen molar-refractivity contribution in [2.24, 2.45) is 0 Å². The van der Waals surface area contributed by atoms with Gasteiger partial charge in [-0.05, 0) is 24.2 Å². The molecular weight excluding hydrogens is 433 g/mol. The molecule has 0 aliphatic carbocycles. The molecule has 158 valence electrons. The van der Waals surface area contributed by atoms with E-state index < -0.39 is 21.0 Å². The minimum Gasteiger partial charge on any atom is -0.445 e. The third-order valence-corrected chi connectivity index (χ3v) is 5.43. The summed E-state index contributed by atoms with van der Waals surface area (Å²) in [4.78, 5) is 28.6. The fraction of sp³-hybridized carbons (Fsp3) is 0.750. The van der Waals surface area contributed by atoms with E-state index in [0.717, 1.165) is 31.9 Å². The van der Waals surface area contributed by atoms with Crippen LogP contribution in [0.4, 0.5) is 10.6 Å². The van der Waals surface area contributed by atoms with Gasteiger partial charge in [-0.25, -0.2) is 14.3 Å². The molecule has 1 aromatic rings. The molecule has 28 heavy (non-hydrogen) atoms. The number of alkyl carbamates (subject to hydrolysis) is 1. The van der Waals surface area contributed by atoms with Crippen LogP contribution in [0.1, 0.15) is 38.4 Å². The summed E-state index contributed by atoms with van der Waals surface area (Å²) < 4.78 is 4.79. The molecule has 0 unspecified atom stereocenters. The van der Waals surface area contributed by atoms with Crippen molar-refractivity contribution in [3.05, 3.63) is 22.1 Å². The van der Waals surface area contributed by atoms with Crippen LogP contribution in [0.15, 0.2) is 6.20 Å². The van der Waals surface area contributed by atoms with Crippen LogP contribution in [0, 0.1) is 17.0 Å². The molecule has 0 saturated carbocycles. The van der Waals surface area contributed by atoms with Gasteiger partial charge in [-0.1, -0.05) is 48.1 Å². The number of hydrogen-bond donors (Lipinski definition) is 1. The maximum absolute atomic E-state index is 12.3. The number of nitro groups is 1. The topological polar surface area (TPSA) is 103 Å². The highest BCUT2D eigenvalue weighted by Gasteiger charge is 2.42. The summed E-state index contributed by atoms with van der Waals surface area (Å²) in [7, 11) is 0. The Bertz CT molecular complexity index is 694. The Hall–Kier alpha value is -1.29. The van der Waals surface area contributed by atoms with Crippen LogP contribution < -0.4 is 5.32 Å². The summed E-state index contributed by atoms with van der Waals surface area (Å²) in [5.41, 5.74) is 0. The number of carbonyl (C=O) groups is 1. The molecular formula is C16H24Cl3N5O4. The predicted molar refractivity (Wildman–Crippen MR) is 107 cm³/mol. The number of aryl methyl sites for hydroxylation is 1.